The van der Waals surface area contributed by atoms with Crippen LogP contribution in [0.15, 0.2) is 84.9 Å². The SMILES string of the molecule is N[C@@H]1CCN(c2nc(-c3ccccc3O)nc3ccc(F)cc23)C1.O=C(CC1CCOCC1)N[C@@H]1CCN(c2nc(-c3ccccc3O)nc3ccc(F)cc23)C1. The minimum absolute atomic E-state index is 0.00416. The van der Waals surface area contributed by atoms with Gasteiger partial charge in [0.15, 0.2) is 11.6 Å². The Bertz CT molecular complexity index is 2410. The number of fused-ring (bicyclic) bond motifs is 2. The molecule has 0 spiro atoms. The number of aromatic nitrogens is 4. The quantitative estimate of drug-likeness (QED) is 0.143. The minimum atomic E-state index is -0.358. The summed E-state index contributed by atoms with van der Waals surface area (Å²) in [4.78, 5) is 35.1. The number of nitrogens with two attached hydrogens (primary N) is 1. The summed E-state index contributed by atoms with van der Waals surface area (Å²) in [6, 6.07) is 22.8. The maximum Gasteiger partial charge on any atom is 0.220 e. The summed E-state index contributed by atoms with van der Waals surface area (Å²) in [6.07, 6.45) is 4.04. The minimum Gasteiger partial charge on any atom is -0.507 e. The van der Waals surface area contributed by atoms with Crippen LogP contribution in [0.1, 0.15) is 32.1 Å². The molecule has 0 saturated carbocycles. The van der Waals surface area contributed by atoms with Gasteiger partial charge >= 0.3 is 0 Å². The monoisotopic (exact) mass is 774 g/mol. The Balaban J connectivity index is 0.000000168. The molecule has 2 aromatic heterocycles. The van der Waals surface area contributed by atoms with Crippen LogP contribution in [0.2, 0.25) is 0 Å². The number of hydrogen-bond donors (Lipinski definition) is 4. The van der Waals surface area contributed by atoms with Gasteiger partial charge in [0, 0.05) is 68.7 Å². The van der Waals surface area contributed by atoms with Crippen molar-refractivity contribution in [2.45, 2.75) is 44.2 Å². The van der Waals surface area contributed by atoms with E-state index >= 15 is 0 Å². The lowest BCUT2D eigenvalue weighted by atomic mass is 9.96. The highest BCUT2D eigenvalue weighted by Crippen LogP contribution is 2.35. The first-order valence-electron chi connectivity index (χ1n) is 19.3. The molecular weight excluding hydrogens is 731 g/mol. The number of halogens is 2. The van der Waals surface area contributed by atoms with Gasteiger partial charge in [-0.05, 0) is 92.3 Å². The number of nitrogens with one attached hydrogen (secondary N) is 1. The van der Waals surface area contributed by atoms with Crippen LogP contribution in [0, 0.1) is 17.6 Å². The van der Waals surface area contributed by atoms with Gasteiger partial charge in [0.25, 0.3) is 0 Å². The fourth-order valence-electron chi connectivity index (χ4n) is 7.77. The van der Waals surface area contributed by atoms with Crippen molar-refractivity contribution in [3.63, 3.8) is 0 Å². The van der Waals surface area contributed by atoms with E-state index in [1.54, 1.807) is 48.5 Å². The van der Waals surface area contributed by atoms with E-state index in [0.29, 0.717) is 88.2 Å². The Morgan fingerprint density at radius 2 is 1.25 bits per heavy atom. The molecule has 3 fully saturated rings. The van der Waals surface area contributed by atoms with E-state index in [-0.39, 0.29) is 41.1 Å². The van der Waals surface area contributed by atoms with Gasteiger partial charge in [-0.2, -0.15) is 0 Å². The number of aromatic hydroxyl groups is 2. The van der Waals surface area contributed by atoms with Gasteiger partial charge in [-0.3, -0.25) is 4.79 Å². The summed E-state index contributed by atoms with van der Waals surface area (Å²) in [6.45, 7) is 4.16. The Morgan fingerprint density at radius 1 is 0.719 bits per heavy atom. The van der Waals surface area contributed by atoms with Crippen molar-refractivity contribution in [1.82, 2.24) is 25.3 Å². The third kappa shape index (κ3) is 8.57. The summed E-state index contributed by atoms with van der Waals surface area (Å²) in [5.41, 5.74) is 8.32. The molecule has 3 aliphatic heterocycles. The van der Waals surface area contributed by atoms with E-state index in [2.05, 4.69) is 30.1 Å². The second-order valence-electron chi connectivity index (χ2n) is 14.9. The molecule has 0 unspecified atom stereocenters. The first-order valence-corrected chi connectivity index (χ1v) is 19.3. The van der Waals surface area contributed by atoms with Crippen LogP contribution in [0.3, 0.4) is 0 Å². The van der Waals surface area contributed by atoms with Gasteiger partial charge < -0.3 is 35.8 Å². The molecule has 12 nitrogen and oxygen atoms in total. The van der Waals surface area contributed by atoms with Crippen molar-refractivity contribution in [1.29, 1.82) is 0 Å². The standard InChI is InChI=1S/C25H27FN4O3.C18H17FN4O/c26-17-5-6-21-20(14-17)25(29-24(28-21)19-3-1-2-4-22(19)31)30-10-7-18(15-30)27-23(32)13-16-8-11-33-12-9-16;19-11-5-6-15-14(9-11)18(23-8-7-12(20)10-23)22-17(21-15)13-3-1-2-4-16(13)24/h1-6,14,16,18,31H,7-13,15H2,(H,27,32);1-6,9,12,24H,7-8,10,20H2/t18-;12-/m11/s1. The maximum atomic E-state index is 14.1. The molecule has 3 saturated heterocycles. The van der Waals surface area contributed by atoms with Crippen LogP contribution >= 0.6 is 0 Å². The number of carbonyl (C=O) groups excluding carboxylic acids is 1. The second kappa shape index (κ2) is 16.6. The molecule has 6 aromatic rings. The Kier molecular flexibility index (Phi) is 11.1. The number of phenols is 2. The normalized spacial score (nSPS) is 18.5. The lowest BCUT2D eigenvalue weighted by molar-refractivity contribution is -0.123. The predicted octanol–water partition coefficient (Wildman–Crippen LogP) is 6.33. The number of ether oxygens (including phenoxy) is 1. The topological polar surface area (TPSA) is 163 Å². The van der Waals surface area contributed by atoms with Crippen LogP contribution in [0.5, 0.6) is 11.5 Å². The summed E-state index contributed by atoms with van der Waals surface area (Å²) in [5, 5.41) is 24.8. The van der Waals surface area contributed by atoms with E-state index in [1.807, 2.05) is 12.1 Å². The zero-order chi connectivity index (χ0) is 39.5. The zero-order valence-corrected chi connectivity index (χ0v) is 31.3. The van der Waals surface area contributed by atoms with E-state index in [9.17, 15) is 23.8 Å². The number of para-hydroxylation sites is 2. The van der Waals surface area contributed by atoms with Crippen LogP contribution in [0.4, 0.5) is 20.4 Å². The second-order valence-corrected chi connectivity index (χ2v) is 14.9. The average Bonchev–Trinajstić information content (AvgIpc) is 3.87. The van der Waals surface area contributed by atoms with Crippen molar-refractivity contribution in [3.05, 3.63) is 96.6 Å². The highest BCUT2D eigenvalue weighted by atomic mass is 19.1. The lowest BCUT2D eigenvalue weighted by Crippen LogP contribution is -2.38. The van der Waals surface area contributed by atoms with Gasteiger partial charge in [-0.25, -0.2) is 28.7 Å². The molecule has 9 rings (SSSR count). The molecule has 57 heavy (non-hydrogen) atoms. The number of amides is 1. The molecule has 14 heteroatoms. The van der Waals surface area contributed by atoms with E-state index in [0.717, 1.165) is 45.4 Å². The highest BCUT2D eigenvalue weighted by molar-refractivity contribution is 5.93. The lowest BCUT2D eigenvalue weighted by Gasteiger charge is -2.23. The fraction of sp³-hybridized carbons (Fsp3) is 0.326. The molecule has 5 N–H and O–H groups in total. The zero-order valence-electron chi connectivity index (χ0n) is 31.3. The number of carbonyl (C=O) groups is 1. The van der Waals surface area contributed by atoms with Crippen molar-refractivity contribution >= 4 is 39.3 Å². The average molecular weight is 775 g/mol. The smallest absolute Gasteiger partial charge is 0.220 e. The van der Waals surface area contributed by atoms with Crippen molar-refractivity contribution < 1.29 is 28.5 Å². The highest BCUT2D eigenvalue weighted by Gasteiger charge is 2.29. The van der Waals surface area contributed by atoms with Gasteiger partial charge in [-0.15, -0.1) is 0 Å². The molecule has 2 atom stereocenters. The molecule has 0 bridgehead atoms. The summed E-state index contributed by atoms with van der Waals surface area (Å²) >= 11 is 0. The Morgan fingerprint density at radius 3 is 1.77 bits per heavy atom. The summed E-state index contributed by atoms with van der Waals surface area (Å²) in [5.74, 6) is 2.04. The molecule has 0 radical (unpaired) electrons. The van der Waals surface area contributed by atoms with Crippen molar-refractivity contribution in [2.75, 3.05) is 49.2 Å². The van der Waals surface area contributed by atoms with Gasteiger partial charge in [0.2, 0.25) is 5.91 Å². The largest absolute Gasteiger partial charge is 0.507 e. The van der Waals surface area contributed by atoms with Crippen molar-refractivity contribution in [2.24, 2.45) is 11.7 Å². The van der Waals surface area contributed by atoms with Crippen LogP contribution < -0.4 is 20.9 Å². The van der Waals surface area contributed by atoms with Gasteiger partial charge in [0.1, 0.15) is 34.8 Å². The third-order valence-electron chi connectivity index (χ3n) is 10.8. The molecule has 294 valence electrons. The van der Waals surface area contributed by atoms with E-state index in [4.69, 9.17) is 15.5 Å². The van der Waals surface area contributed by atoms with Crippen LogP contribution in [-0.4, -0.2) is 87.5 Å². The molecular formula is C43H44F2N8O4. The molecule has 5 heterocycles. The molecule has 4 aromatic carbocycles. The van der Waals surface area contributed by atoms with E-state index < -0.39 is 0 Å². The Labute approximate surface area is 328 Å². The van der Waals surface area contributed by atoms with Gasteiger partial charge in [-0.1, -0.05) is 24.3 Å². The number of hydrogen-bond acceptors (Lipinski definition) is 11. The predicted molar refractivity (Wildman–Crippen MR) is 215 cm³/mol. The summed E-state index contributed by atoms with van der Waals surface area (Å²) in [7, 11) is 0. The number of rotatable bonds is 7. The Hall–Kier alpha value is -5.99. The van der Waals surface area contributed by atoms with E-state index in [1.165, 1.54) is 24.3 Å². The first-order chi connectivity index (χ1) is 27.7. The maximum absolute atomic E-state index is 14.1. The molecule has 1 amide bonds. The summed E-state index contributed by atoms with van der Waals surface area (Å²) < 4.78 is 33.2. The molecule has 0 aliphatic carbocycles. The number of anilines is 2. The fourth-order valence-corrected chi connectivity index (χ4v) is 7.77. The number of nitrogens with zero attached hydrogens (tertiary/aromatic N) is 6. The van der Waals surface area contributed by atoms with Crippen molar-refractivity contribution in [3.8, 4) is 34.3 Å². The number of phenolic OH excluding ortho intramolecular Hbond substituents is 2. The molecule has 3 aliphatic rings. The third-order valence-corrected chi connectivity index (χ3v) is 10.8. The first kappa shape index (κ1) is 37.9. The van der Waals surface area contributed by atoms with Gasteiger partial charge in [0.05, 0.1) is 22.2 Å². The van der Waals surface area contributed by atoms with Crippen LogP contribution in [0.25, 0.3) is 44.6 Å². The van der Waals surface area contributed by atoms with Crippen LogP contribution in [-0.2, 0) is 9.53 Å². The number of benzene rings is 4.